The molecule has 0 bridgehead atoms. The number of fused-ring (bicyclic) bond motifs is 1. The molecule has 0 radical (unpaired) electrons. The van der Waals surface area contributed by atoms with Gasteiger partial charge in [0, 0.05) is 32.6 Å². The molecule has 1 fully saturated rings. The molecular formula is C25H34N4O2. The third-order valence-corrected chi connectivity index (χ3v) is 5.90. The Kier molecular flexibility index (Phi) is 7.80. The number of aliphatic imine (C=N–C) groups is 1. The Morgan fingerprint density at radius 2 is 1.90 bits per heavy atom. The molecule has 0 amide bonds. The van der Waals surface area contributed by atoms with E-state index in [0.29, 0.717) is 0 Å². The summed E-state index contributed by atoms with van der Waals surface area (Å²) in [5.41, 5.74) is 3.97. The summed E-state index contributed by atoms with van der Waals surface area (Å²) < 4.78 is 11.2. The van der Waals surface area contributed by atoms with Crippen LogP contribution in [-0.4, -0.2) is 63.4 Å². The van der Waals surface area contributed by atoms with Crippen LogP contribution >= 0.6 is 0 Å². The summed E-state index contributed by atoms with van der Waals surface area (Å²) in [6.07, 6.45) is 1.98. The smallest absolute Gasteiger partial charge is 0.191 e. The van der Waals surface area contributed by atoms with Gasteiger partial charge < -0.3 is 20.1 Å². The maximum atomic E-state index is 5.61. The van der Waals surface area contributed by atoms with E-state index in [1.807, 2.05) is 0 Å². The number of benzene rings is 2. The molecule has 2 aliphatic heterocycles. The van der Waals surface area contributed by atoms with E-state index in [0.717, 1.165) is 77.1 Å². The second kappa shape index (κ2) is 11.2. The fraction of sp³-hybridized carbons (Fsp3) is 0.480. The average Bonchev–Trinajstić information content (AvgIpc) is 3.29. The lowest BCUT2D eigenvalue weighted by Gasteiger charge is -2.34. The van der Waals surface area contributed by atoms with Gasteiger partial charge in [-0.3, -0.25) is 9.89 Å². The third-order valence-electron chi connectivity index (χ3n) is 5.90. The number of ether oxygens (including phenoxy) is 2. The second-order valence-electron chi connectivity index (χ2n) is 8.01. The van der Waals surface area contributed by atoms with Gasteiger partial charge in [-0.05, 0) is 36.1 Å². The van der Waals surface area contributed by atoms with Crippen molar-refractivity contribution in [1.29, 1.82) is 0 Å². The number of morpholine rings is 1. The van der Waals surface area contributed by atoms with E-state index in [1.165, 1.54) is 16.7 Å². The first kappa shape index (κ1) is 21.7. The highest BCUT2D eigenvalue weighted by atomic mass is 16.5. The third kappa shape index (κ3) is 5.99. The Morgan fingerprint density at radius 1 is 1.06 bits per heavy atom. The van der Waals surface area contributed by atoms with Crippen molar-refractivity contribution in [2.24, 2.45) is 4.99 Å². The Bertz CT molecular complexity index is 850. The predicted octanol–water partition coefficient (Wildman–Crippen LogP) is 2.79. The number of guanidine groups is 1. The van der Waals surface area contributed by atoms with E-state index >= 15 is 0 Å². The molecule has 2 heterocycles. The van der Waals surface area contributed by atoms with Crippen LogP contribution in [0.4, 0.5) is 0 Å². The minimum atomic E-state index is 0.261. The molecule has 6 heteroatoms. The molecule has 2 aromatic carbocycles. The number of nitrogens with one attached hydrogen (secondary N) is 2. The maximum Gasteiger partial charge on any atom is 0.191 e. The first-order valence-electron chi connectivity index (χ1n) is 11.5. The molecule has 6 nitrogen and oxygen atoms in total. The number of hydrogen-bond acceptors (Lipinski definition) is 4. The van der Waals surface area contributed by atoms with Crippen LogP contribution in [0.5, 0.6) is 5.75 Å². The van der Waals surface area contributed by atoms with Crippen molar-refractivity contribution >= 4 is 5.96 Å². The van der Waals surface area contributed by atoms with E-state index in [9.17, 15) is 0 Å². The molecule has 1 saturated heterocycles. The van der Waals surface area contributed by atoms with Crippen LogP contribution in [-0.2, 0) is 17.6 Å². The van der Waals surface area contributed by atoms with E-state index in [1.54, 1.807) is 0 Å². The molecule has 166 valence electrons. The average molecular weight is 423 g/mol. The van der Waals surface area contributed by atoms with Crippen LogP contribution < -0.4 is 15.4 Å². The number of nitrogens with zero attached hydrogens (tertiary/aromatic N) is 2. The highest BCUT2D eigenvalue weighted by Gasteiger charge is 2.22. The molecule has 1 atom stereocenters. The van der Waals surface area contributed by atoms with Crippen molar-refractivity contribution in [1.82, 2.24) is 15.5 Å². The minimum Gasteiger partial charge on any atom is -0.493 e. The molecule has 0 aliphatic carbocycles. The highest BCUT2D eigenvalue weighted by Crippen LogP contribution is 2.26. The second-order valence-corrected chi connectivity index (χ2v) is 8.01. The summed E-state index contributed by atoms with van der Waals surface area (Å²) in [5.74, 6) is 1.92. The Hall–Kier alpha value is -2.57. The van der Waals surface area contributed by atoms with Crippen LogP contribution in [0, 0.1) is 0 Å². The molecule has 2 aliphatic rings. The summed E-state index contributed by atoms with van der Waals surface area (Å²) in [7, 11) is 0. The van der Waals surface area contributed by atoms with Crippen LogP contribution in [0.2, 0.25) is 0 Å². The lowest BCUT2D eigenvalue weighted by Crippen LogP contribution is -2.42. The van der Waals surface area contributed by atoms with Gasteiger partial charge in [0.25, 0.3) is 0 Å². The van der Waals surface area contributed by atoms with Crippen molar-refractivity contribution in [3.63, 3.8) is 0 Å². The Labute approximate surface area is 185 Å². The van der Waals surface area contributed by atoms with E-state index in [4.69, 9.17) is 14.5 Å². The molecule has 1 unspecified atom stereocenters. The zero-order valence-electron chi connectivity index (χ0n) is 18.5. The molecule has 2 aromatic rings. The molecule has 4 rings (SSSR count). The molecule has 0 saturated carbocycles. The topological polar surface area (TPSA) is 58.1 Å². The summed E-state index contributed by atoms with van der Waals surface area (Å²) in [6, 6.07) is 17.5. The van der Waals surface area contributed by atoms with Crippen LogP contribution in [0.3, 0.4) is 0 Å². The normalized spacial score (nSPS) is 17.6. The molecular weight excluding hydrogens is 388 g/mol. The monoisotopic (exact) mass is 422 g/mol. The molecule has 31 heavy (non-hydrogen) atoms. The fourth-order valence-corrected chi connectivity index (χ4v) is 4.24. The lowest BCUT2D eigenvalue weighted by atomic mass is 10.0. The first-order chi connectivity index (χ1) is 15.3. The zero-order chi connectivity index (χ0) is 21.3. The van der Waals surface area contributed by atoms with Gasteiger partial charge in [0.2, 0.25) is 0 Å². The zero-order valence-corrected chi connectivity index (χ0v) is 18.5. The Morgan fingerprint density at radius 3 is 2.71 bits per heavy atom. The van der Waals surface area contributed by atoms with Gasteiger partial charge >= 0.3 is 0 Å². The first-order valence-corrected chi connectivity index (χ1v) is 11.5. The van der Waals surface area contributed by atoms with Gasteiger partial charge in [-0.2, -0.15) is 0 Å². The Balaban J connectivity index is 1.38. The van der Waals surface area contributed by atoms with Crippen molar-refractivity contribution in [3.05, 3.63) is 65.2 Å². The van der Waals surface area contributed by atoms with Crippen molar-refractivity contribution in [2.75, 3.05) is 52.5 Å². The van der Waals surface area contributed by atoms with E-state index in [2.05, 4.69) is 71.0 Å². The van der Waals surface area contributed by atoms with Gasteiger partial charge in [0.1, 0.15) is 5.75 Å². The van der Waals surface area contributed by atoms with Crippen molar-refractivity contribution in [2.45, 2.75) is 25.8 Å². The summed E-state index contributed by atoms with van der Waals surface area (Å²) in [6.45, 7) is 8.79. The van der Waals surface area contributed by atoms with Crippen LogP contribution in [0.25, 0.3) is 0 Å². The molecule has 0 spiro atoms. The SMILES string of the molecule is CCNC(=NCC(c1ccccc1)N1CCOCC1)NCCc1ccc2c(c1)CCO2. The minimum absolute atomic E-state index is 0.261. The van der Waals surface area contributed by atoms with Gasteiger partial charge in [-0.15, -0.1) is 0 Å². The summed E-state index contributed by atoms with van der Waals surface area (Å²) >= 11 is 0. The molecule has 0 aromatic heterocycles. The predicted molar refractivity (Wildman–Crippen MR) is 125 cm³/mol. The van der Waals surface area contributed by atoms with E-state index < -0.39 is 0 Å². The fourth-order valence-electron chi connectivity index (χ4n) is 4.24. The van der Waals surface area contributed by atoms with Crippen molar-refractivity contribution < 1.29 is 9.47 Å². The van der Waals surface area contributed by atoms with Gasteiger partial charge in [0.15, 0.2) is 5.96 Å². The number of hydrogen-bond donors (Lipinski definition) is 2. The van der Waals surface area contributed by atoms with Crippen LogP contribution in [0.1, 0.15) is 29.7 Å². The largest absolute Gasteiger partial charge is 0.493 e. The van der Waals surface area contributed by atoms with Gasteiger partial charge in [-0.1, -0.05) is 42.5 Å². The summed E-state index contributed by atoms with van der Waals surface area (Å²) in [5, 5.41) is 6.91. The highest BCUT2D eigenvalue weighted by molar-refractivity contribution is 5.79. The van der Waals surface area contributed by atoms with Gasteiger partial charge in [0.05, 0.1) is 32.4 Å². The lowest BCUT2D eigenvalue weighted by molar-refractivity contribution is 0.0180. The molecule has 2 N–H and O–H groups in total. The van der Waals surface area contributed by atoms with Crippen molar-refractivity contribution in [3.8, 4) is 5.75 Å². The quantitative estimate of drug-likeness (QED) is 0.506. The summed E-state index contributed by atoms with van der Waals surface area (Å²) in [4.78, 5) is 7.43. The van der Waals surface area contributed by atoms with Crippen LogP contribution in [0.15, 0.2) is 53.5 Å². The van der Waals surface area contributed by atoms with Gasteiger partial charge in [-0.25, -0.2) is 0 Å². The van der Waals surface area contributed by atoms with E-state index in [-0.39, 0.29) is 6.04 Å². The maximum absolute atomic E-state index is 5.61. The number of rotatable bonds is 8. The standard InChI is InChI=1S/C25H34N4O2/c1-2-26-25(27-12-10-20-8-9-24-22(18-20)11-15-31-24)28-19-23(21-6-4-3-5-7-21)29-13-16-30-17-14-29/h3-9,18,23H,2,10-17,19H2,1H3,(H2,26,27,28).